The average molecular weight is 464 g/mol. The molecule has 0 bridgehead atoms. The van der Waals surface area contributed by atoms with Crippen LogP contribution in [0.15, 0.2) is 48.5 Å². The third-order valence-electron chi connectivity index (χ3n) is 2.58. The van der Waals surface area contributed by atoms with E-state index in [1.165, 1.54) is 0 Å². The van der Waals surface area contributed by atoms with Crippen molar-refractivity contribution in [3.05, 3.63) is 66.8 Å². The van der Waals surface area contributed by atoms with Crippen LogP contribution >= 0.6 is 45.2 Å². The van der Waals surface area contributed by atoms with Crippen LogP contribution in [0.4, 0.5) is 0 Å². The highest BCUT2D eigenvalue weighted by Crippen LogP contribution is 2.24. The van der Waals surface area contributed by atoms with Crippen LogP contribution in [-0.2, 0) is 0 Å². The summed E-state index contributed by atoms with van der Waals surface area (Å²) in [5.41, 5.74) is 1.19. The number of carbonyl (C=O) groups excluding carboxylic acids is 1. The van der Waals surface area contributed by atoms with E-state index in [0.29, 0.717) is 11.1 Å². The molecule has 1 N–H and O–H groups in total. The van der Waals surface area contributed by atoms with Gasteiger partial charge in [0.05, 0.1) is 0 Å². The van der Waals surface area contributed by atoms with Crippen molar-refractivity contribution >= 4 is 51.0 Å². The summed E-state index contributed by atoms with van der Waals surface area (Å²) in [5.74, 6) is -0.260. The first-order valence-electron chi connectivity index (χ1n) is 5.32. The standard InChI is InChI=1S/C14H10I2O2/c15-11-8-4-7-10(12(11)16)14(18)13(17)9-5-2-1-3-6-9/h1-8,13,17H. The number of carbonyl (C=O) groups is 1. The minimum atomic E-state index is -1.10. The normalized spacial score (nSPS) is 12.2. The van der Waals surface area contributed by atoms with Crippen molar-refractivity contribution in [3.8, 4) is 0 Å². The molecule has 1 unspecified atom stereocenters. The number of benzene rings is 2. The van der Waals surface area contributed by atoms with E-state index in [2.05, 4.69) is 45.2 Å². The van der Waals surface area contributed by atoms with Gasteiger partial charge in [-0.15, -0.1) is 0 Å². The Hall–Kier alpha value is -0.470. The van der Waals surface area contributed by atoms with Gasteiger partial charge in [0.2, 0.25) is 0 Å². The van der Waals surface area contributed by atoms with Crippen molar-refractivity contribution in [2.24, 2.45) is 0 Å². The van der Waals surface area contributed by atoms with Gasteiger partial charge < -0.3 is 5.11 Å². The molecule has 0 aliphatic carbocycles. The monoisotopic (exact) mass is 464 g/mol. The fourth-order valence-corrected chi connectivity index (χ4v) is 2.75. The summed E-state index contributed by atoms with van der Waals surface area (Å²) in [7, 11) is 0. The van der Waals surface area contributed by atoms with Crippen LogP contribution < -0.4 is 0 Å². The lowest BCUT2D eigenvalue weighted by molar-refractivity contribution is 0.0746. The minimum absolute atomic E-state index is 0.260. The van der Waals surface area contributed by atoms with Crippen molar-refractivity contribution in [2.45, 2.75) is 6.10 Å². The molecule has 0 aliphatic rings. The second kappa shape index (κ2) is 6.12. The van der Waals surface area contributed by atoms with E-state index < -0.39 is 6.10 Å². The maximum Gasteiger partial charge on any atom is 0.196 e. The quantitative estimate of drug-likeness (QED) is 0.555. The zero-order valence-electron chi connectivity index (χ0n) is 9.31. The van der Waals surface area contributed by atoms with Crippen molar-refractivity contribution in [2.75, 3.05) is 0 Å². The molecule has 92 valence electrons. The predicted octanol–water partition coefficient (Wildman–Crippen LogP) is 3.81. The molecule has 0 aliphatic heterocycles. The van der Waals surface area contributed by atoms with Gasteiger partial charge in [-0.3, -0.25) is 4.79 Å². The van der Waals surface area contributed by atoms with Gasteiger partial charge in [0, 0.05) is 12.7 Å². The molecule has 0 heterocycles. The lowest BCUT2D eigenvalue weighted by Gasteiger charge is -2.11. The summed E-state index contributed by atoms with van der Waals surface area (Å²) in [6, 6.07) is 14.5. The average Bonchev–Trinajstić information content (AvgIpc) is 2.41. The first kappa shape index (κ1) is 14.0. The number of hydrogen-bond acceptors (Lipinski definition) is 2. The number of rotatable bonds is 3. The lowest BCUT2D eigenvalue weighted by atomic mass is 10.0. The number of ketones is 1. The first-order valence-corrected chi connectivity index (χ1v) is 7.48. The van der Waals surface area contributed by atoms with E-state index in [1.54, 1.807) is 18.2 Å². The van der Waals surface area contributed by atoms with E-state index in [9.17, 15) is 9.90 Å². The number of hydrogen-bond donors (Lipinski definition) is 1. The van der Waals surface area contributed by atoms with Crippen LogP contribution in [0.5, 0.6) is 0 Å². The summed E-state index contributed by atoms with van der Waals surface area (Å²) in [6.45, 7) is 0. The number of Topliss-reactive ketones (excluding diaryl/α,β-unsaturated/α-hetero) is 1. The Balaban J connectivity index is 2.35. The third-order valence-corrected chi connectivity index (χ3v) is 5.67. The number of aliphatic hydroxyl groups excluding tert-OH is 1. The molecule has 0 saturated heterocycles. The highest BCUT2D eigenvalue weighted by Gasteiger charge is 2.21. The Labute approximate surface area is 133 Å². The molecule has 2 aromatic carbocycles. The minimum Gasteiger partial charge on any atom is -0.380 e. The van der Waals surface area contributed by atoms with Gasteiger partial charge >= 0.3 is 0 Å². The summed E-state index contributed by atoms with van der Waals surface area (Å²) < 4.78 is 1.90. The molecule has 0 radical (unpaired) electrons. The van der Waals surface area contributed by atoms with Gasteiger partial charge in [0.15, 0.2) is 5.78 Å². The molecule has 0 amide bonds. The smallest absolute Gasteiger partial charge is 0.196 e. The van der Waals surface area contributed by atoms with Crippen molar-refractivity contribution in [1.29, 1.82) is 0 Å². The van der Waals surface area contributed by atoms with E-state index >= 15 is 0 Å². The molecule has 0 fully saturated rings. The molecule has 1 atom stereocenters. The molecular formula is C14H10I2O2. The topological polar surface area (TPSA) is 37.3 Å². The molecule has 18 heavy (non-hydrogen) atoms. The largest absolute Gasteiger partial charge is 0.380 e. The third kappa shape index (κ3) is 2.92. The highest BCUT2D eigenvalue weighted by atomic mass is 127. The van der Waals surface area contributed by atoms with E-state index in [4.69, 9.17) is 0 Å². The van der Waals surface area contributed by atoms with Crippen molar-refractivity contribution in [1.82, 2.24) is 0 Å². The second-order valence-corrected chi connectivity index (χ2v) is 6.02. The predicted molar refractivity (Wildman–Crippen MR) is 87.6 cm³/mol. The van der Waals surface area contributed by atoms with E-state index in [0.717, 1.165) is 7.14 Å². The van der Waals surface area contributed by atoms with Crippen LogP contribution in [0.1, 0.15) is 22.0 Å². The highest BCUT2D eigenvalue weighted by molar-refractivity contribution is 14.1. The molecule has 2 rings (SSSR count). The number of halogens is 2. The van der Waals surface area contributed by atoms with Crippen LogP contribution in [0, 0.1) is 7.14 Å². The summed E-state index contributed by atoms with van der Waals surface area (Å²) >= 11 is 4.31. The SMILES string of the molecule is O=C(c1cccc(I)c1I)C(O)c1ccccc1. The fourth-order valence-electron chi connectivity index (χ4n) is 1.63. The van der Waals surface area contributed by atoms with Crippen LogP contribution in [0.25, 0.3) is 0 Å². The lowest BCUT2D eigenvalue weighted by Crippen LogP contribution is -2.14. The Morgan fingerprint density at radius 1 is 1.00 bits per heavy atom. The fraction of sp³-hybridized carbons (Fsp3) is 0.0714. The zero-order chi connectivity index (χ0) is 13.1. The van der Waals surface area contributed by atoms with Crippen LogP contribution in [0.2, 0.25) is 0 Å². The Morgan fingerprint density at radius 3 is 2.33 bits per heavy atom. The van der Waals surface area contributed by atoms with E-state index in [-0.39, 0.29) is 5.78 Å². The maximum absolute atomic E-state index is 12.3. The molecule has 0 aromatic heterocycles. The van der Waals surface area contributed by atoms with Gasteiger partial charge in [-0.25, -0.2) is 0 Å². The van der Waals surface area contributed by atoms with Crippen LogP contribution in [-0.4, -0.2) is 10.9 Å². The second-order valence-electron chi connectivity index (χ2n) is 3.78. The Kier molecular flexibility index (Phi) is 4.74. The molecule has 2 aromatic rings. The molecule has 2 nitrogen and oxygen atoms in total. The molecule has 0 spiro atoms. The first-order chi connectivity index (χ1) is 8.61. The summed E-state index contributed by atoms with van der Waals surface area (Å²) in [4.78, 5) is 12.3. The van der Waals surface area contributed by atoms with Gasteiger partial charge in [0.1, 0.15) is 6.10 Å². The van der Waals surface area contributed by atoms with Crippen molar-refractivity contribution < 1.29 is 9.90 Å². The molecule has 4 heteroatoms. The Bertz CT molecular complexity index is 567. The number of aliphatic hydroxyl groups is 1. The van der Waals surface area contributed by atoms with Gasteiger partial charge in [-0.1, -0.05) is 42.5 Å². The van der Waals surface area contributed by atoms with Gasteiger partial charge in [-0.05, 0) is 56.8 Å². The van der Waals surface area contributed by atoms with Gasteiger partial charge in [-0.2, -0.15) is 0 Å². The van der Waals surface area contributed by atoms with Crippen LogP contribution in [0.3, 0.4) is 0 Å². The van der Waals surface area contributed by atoms with E-state index in [1.807, 2.05) is 30.3 Å². The molecule has 0 saturated carbocycles. The maximum atomic E-state index is 12.3. The Morgan fingerprint density at radius 2 is 1.67 bits per heavy atom. The summed E-state index contributed by atoms with van der Waals surface area (Å²) in [5, 5.41) is 10.1. The summed E-state index contributed by atoms with van der Waals surface area (Å²) in [6.07, 6.45) is -1.10. The van der Waals surface area contributed by atoms with Gasteiger partial charge in [0.25, 0.3) is 0 Å². The van der Waals surface area contributed by atoms with Crippen molar-refractivity contribution in [3.63, 3.8) is 0 Å². The zero-order valence-corrected chi connectivity index (χ0v) is 13.6. The molecular weight excluding hydrogens is 454 g/mol.